The standard InChI is InChI=1S/C15H24BrN/c1-12(2)10-17-11-13(3)4-5-14-6-8-15(16)9-7-14/h6-9,12-13,17H,4-5,10-11H2,1-3H3. The molecule has 1 nitrogen and oxygen atoms in total. The van der Waals surface area contributed by atoms with Gasteiger partial charge in [-0.15, -0.1) is 0 Å². The SMILES string of the molecule is CC(C)CNCC(C)CCc1ccc(Br)cc1. The minimum atomic E-state index is 0.744. The van der Waals surface area contributed by atoms with Gasteiger partial charge in [0.15, 0.2) is 0 Å². The van der Waals surface area contributed by atoms with Crippen LogP contribution in [0.5, 0.6) is 0 Å². The molecule has 2 heteroatoms. The Balaban J connectivity index is 2.19. The fourth-order valence-corrected chi connectivity index (χ4v) is 2.05. The molecule has 0 aliphatic carbocycles. The Morgan fingerprint density at radius 3 is 2.29 bits per heavy atom. The summed E-state index contributed by atoms with van der Waals surface area (Å²) in [5.74, 6) is 1.49. The van der Waals surface area contributed by atoms with Crippen molar-refractivity contribution in [2.75, 3.05) is 13.1 Å². The second-order valence-corrected chi connectivity index (χ2v) is 6.24. The number of nitrogens with one attached hydrogen (secondary N) is 1. The Kier molecular flexibility index (Phi) is 6.83. The summed E-state index contributed by atoms with van der Waals surface area (Å²) in [6.45, 7) is 9.09. The lowest BCUT2D eigenvalue weighted by Gasteiger charge is -2.13. The van der Waals surface area contributed by atoms with Gasteiger partial charge < -0.3 is 5.32 Å². The van der Waals surface area contributed by atoms with Crippen molar-refractivity contribution in [1.82, 2.24) is 5.32 Å². The summed E-state index contributed by atoms with van der Waals surface area (Å²) >= 11 is 3.46. The fourth-order valence-electron chi connectivity index (χ4n) is 1.78. The van der Waals surface area contributed by atoms with Gasteiger partial charge in [-0.3, -0.25) is 0 Å². The van der Waals surface area contributed by atoms with Gasteiger partial charge in [0, 0.05) is 4.47 Å². The Hall–Kier alpha value is -0.340. The molecule has 0 saturated heterocycles. The number of rotatable bonds is 7. The maximum absolute atomic E-state index is 3.52. The van der Waals surface area contributed by atoms with Crippen molar-refractivity contribution < 1.29 is 0 Å². The van der Waals surface area contributed by atoms with Crippen molar-refractivity contribution >= 4 is 15.9 Å². The van der Waals surface area contributed by atoms with E-state index in [1.165, 1.54) is 18.4 Å². The van der Waals surface area contributed by atoms with Gasteiger partial charge in [0.05, 0.1) is 0 Å². The van der Waals surface area contributed by atoms with Gasteiger partial charge in [-0.25, -0.2) is 0 Å². The lowest BCUT2D eigenvalue weighted by atomic mass is 10.0. The number of halogens is 1. The Morgan fingerprint density at radius 1 is 1.06 bits per heavy atom. The minimum absolute atomic E-state index is 0.744. The number of hydrogen-bond acceptors (Lipinski definition) is 1. The predicted octanol–water partition coefficient (Wildman–Crippen LogP) is 4.26. The molecule has 0 amide bonds. The van der Waals surface area contributed by atoms with E-state index in [9.17, 15) is 0 Å². The smallest absolute Gasteiger partial charge is 0.0175 e. The zero-order valence-corrected chi connectivity index (χ0v) is 12.8. The van der Waals surface area contributed by atoms with E-state index in [4.69, 9.17) is 0 Å². The van der Waals surface area contributed by atoms with E-state index in [1.807, 2.05) is 0 Å². The highest BCUT2D eigenvalue weighted by Gasteiger charge is 2.03. The molecule has 17 heavy (non-hydrogen) atoms. The molecule has 0 radical (unpaired) electrons. The first-order valence-electron chi connectivity index (χ1n) is 6.53. The van der Waals surface area contributed by atoms with E-state index in [0.717, 1.165) is 29.4 Å². The minimum Gasteiger partial charge on any atom is -0.316 e. The second kappa shape index (κ2) is 7.88. The van der Waals surface area contributed by atoms with Crippen molar-refractivity contribution in [3.8, 4) is 0 Å². The molecule has 1 N–H and O–H groups in total. The molecular weight excluding hydrogens is 274 g/mol. The third-order valence-electron chi connectivity index (χ3n) is 2.88. The van der Waals surface area contributed by atoms with Crippen LogP contribution in [-0.4, -0.2) is 13.1 Å². The Morgan fingerprint density at radius 2 is 1.71 bits per heavy atom. The van der Waals surface area contributed by atoms with Crippen LogP contribution in [0.15, 0.2) is 28.7 Å². The summed E-state index contributed by atoms with van der Waals surface area (Å²) < 4.78 is 1.16. The molecule has 0 aliphatic heterocycles. The van der Waals surface area contributed by atoms with Gasteiger partial charge in [0.1, 0.15) is 0 Å². The zero-order valence-electron chi connectivity index (χ0n) is 11.2. The van der Waals surface area contributed by atoms with Crippen LogP contribution in [0.1, 0.15) is 32.8 Å². The molecule has 0 spiro atoms. The molecule has 96 valence electrons. The molecule has 0 heterocycles. The molecule has 0 aliphatic rings. The van der Waals surface area contributed by atoms with Crippen LogP contribution in [0, 0.1) is 11.8 Å². The molecular formula is C15H24BrN. The largest absolute Gasteiger partial charge is 0.316 e. The van der Waals surface area contributed by atoms with Crippen molar-refractivity contribution in [3.63, 3.8) is 0 Å². The monoisotopic (exact) mass is 297 g/mol. The maximum atomic E-state index is 3.52. The van der Waals surface area contributed by atoms with Crippen molar-refractivity contribution in [3.05, 3.63) is 34.3 Å². The number of benzene rings is 1. The van der Waals surface area contributed by atoms with Crippen LogP contribution < -0.4 is 5.32 Å². The average molecular weight is 298 g/mol. The molecule has 1 unspecified atom stereocenters. The van der Waals surface area contributed by atoms with E-state index in [0.29, 0.717) is 0 Å². The fraction of sp³-hybridized carbons (Fsp3) is 0.600. The maximum Gasteiger partial charge on any atom is 0.0175 e. The van der Waals surface area contributed by atoms with E-state index in [1.54, 1.807) is 0 Å². The first-order chi connectivity index (χ1) is 8.08. The molecule has 1 atom stereocenters. The molecule has 1 rings (SSSR count). The van der Waals surface area contributed by atoms with Gasteiger partial charge in [-0.05, 0) is 55.5 Å². The lowest BCUT2D eigenvalue weighted by molar-refractivity contribution is 0.454. The van der Waals surface area contributed by atoms with Crippen LogP contribution in [0.2, 0.25) is 0 Å². The first-order valence-corrected chi connectivity index (χ1v) is 7.32. The van der Waals surface area contributed by atoms with Crippen LogP contribution >= 0.6 is 15.9 Å². The van der Waals surface area contributed by atoms with Crippen LogP contribution in [0.25, 0.3) is 0 Å². The van der Waals surface area contributed by atoms with E-state index in [2.05, 4.69) is 66.3 Å². The predicted molar refractivity (Wildman–Crippen MR) is 79.3 cm³/mol. The molecule has 0 fully saturated rings. The van der Waals surface area contributed by atoms with E-state index < -0.39 is 0 Å². The summed E-state index contributed by atoms with van der Waals surface area (Å²) in [5, 5.41) is 3.52. The number of hydrogen-bond donors (Lipinski definition) is 1. The Labute approximate surface area is 114 Å². The van der Waals surface area contributed by atoms with Crippen molar-refractivity contribution in [2.45, 2.75) is 33.6 Å². The summed E-state index contributed by atoms with van der Waals surface area (Å²) in [6, 6.07) is 8.66. The second-order valence-electron chi connectivity index (χ2n) is 5.32. The highest BCUT2D eigenvalue weighted by molar-refractivity contribution is 9.10. The Bertz CT molecular complexity index is 305. The van der Waals surface area contributed by atoms with Crippen LogP contribution in [-0.2, 0) is 6.42 Å². The number of aryl methyl sites for hydroxylation is 1. The summed E-state index contributed by atoms with van der Waals surface area (Å²) in [4.78, 5) is 0. The summed E-state index contributed by atoms with van der Waals surface area (Å²) in [6.07, 6.45) is 2.44. The van der Waals surface area contributed by atoms with E-state index in [-0.39, 0.29) is 0 Å². The van der Waals surface area contributed by atoms with Gasteiger partial charge >= 0.3 is 0 Å². The highest BCUT2D eigenvalue weighted by Crippen LogP contribution is 2.13. The van der Waals surface area contributed by atoms with Gasteiger partial charge in [-0.2, -0.15) is 0 Å². The van der Waals surface area contributed by atoms with Gasteiger partial charge in [0.2, 0.25) is 0 Å². The molecule has 0 aromatic heterocycles. The highest BCUT2D eigenvalue weighted by atomic mass is 79.9. The third-order valence-corrected chi connectivity index (χ3v) is 3.41. The van der Waals surface area contributed by atoms with Crippen LogP contribution in [0.4, 0.5) is 0 Å². The van der Waals surface area contributed by atoms with Gasteiger partial charge in [-0.1, -0.05) is 48.8 Å². The quantitative estimate of drug-likeness (QED) is 0.793. The van der Waals surface area contributed by atoms with E-state index >= 15 is 0 Å². The first kappa shape index (κ1) is 14.7. The van der Waals surface area contributed by atoms with Gasteiger partial charge in [0.25, 0.3) is 0 Å². The van der Waals surface area contributed by atoms with Crippen molar-refractivity contribution in [1.29, 1.82) is 0 Å². The normalized spacial score (nSPS) is 13.0. The third kappa shape index (κ3) is 6.85. The van der Waals surface area contributed by atoms with Crippen LogP contribution in [0.3, 0.4) is 0 Å². The summed E-state index contributed by atoms with van der Waals surface area (Å²) in [7, 11) is 0. The lowest BCUT2D eigenvalue weighted by Crippen LogP contribution is -2.25. The molecule has 0 saturated carbocycles. The average Bonchev–Trinajstić information content (AvgIpc) is 2.28. The molecule has 1 aromatic rings. The zero-order chi connectivity index (χ0) is 12.7. The summed E-state index contributed by atoms with van der Waals surface area (Å²) in [5.41, 5.74) is 1.43. The molecule has 0 bridgehead atoms. The topological polar surface area (TPSA) is 12.0 Å². The van der Waals surface area contributed by atoms with Crippen molar-refractivity contribution in [2.24, 2.45) is 11.8 Å². The molecule has 1 aromatic carbocycles.